The van der Waals surface area contributed by atoms with Crippen molar-refractivity contribution in [2.45, 2.75) is 32.0 Å². The average Bonchev–Trinajstić information content (AvgIpc) is 2.72. The van der Waals surface area contributed by atoms with Crippen LogP contribution >= 0.6 is 0 Å². The summed E-state index contributed by atoms with van der Waals surface area (Å²) in [6.07, 6.45) is -0.0170. The Morgan fingerprint density at radius 1 is 1.37 bits per heavy atom. The van der Waals surface area contributed by atoms with Crippen LogP contribution < -0.4 is 10.4 Å². The second-order valence-corrected chi connectivity index (χ2v) is 5.33. The van der Waals surface area contributed by atoms with Crippen LogP contribution in [-0.4, -0.2) is 21.9 Å². The summed E-state index contributed by atoms with van der Waals surface area (Å²) in [7, 11) is 0. The fourth-order valence-corrected chi connectivity index (χ4v) is 2.30. The molecule has 1 aliphatic heterocycles. The van der Waals surface area contributed by atoms with E-state index in [0.29, 0.717) is 23.1 Å². The van der Waals surface area contributed by atoms with E-state index in [0.717, 1.165) is 0 Å². The minimum absolute atomic E-state index is 0.0444. The quantitative estimate of drug-likeness (QED) is 0.762. The molecule has 2 N–H and O–H groups in total. The fraction of sp³-hybridized carbons (Fsp3) is 0.357. The first-order valence-electron chi connectivity index (χ1n) is 6.04. The number of benzene rings is 1. The van der Waals surface area contributed by atoms with Crippen LogP contribution in [0.15, 0.2) is 27.4 Å². The molecule has 5 heteroatoms. The SMILES string of the molecule is CC(C)(O)[C@@H]1Cc2c(cc3oc(=O)ccc3c2O)O1. The molecule has 0 aliphatic carbocycles. The first kappa shape index (κ1) is 12.0. The number of fused-ring (bicyclic) bond motifs is 2. The van der Waals surface area contributed by atoms with Gasteiger partial charge in [0, 0.05) is 24.1 Å². The second-order valence-electron chi connectivity index (χ2n) is 5.33. The Morgan fingerprint density at radius 2 is 2.11 bits per heavy atom. The third-order valence-electron chi connectivity index (χ3n) is 3.41. The van der Waals surface area contributed by atoms with Crippen molar-refractivity contribution in [1.29, 1.82) is 0 Å². The molecule has 1 aromatic heterocycles. The summed E-state index contributed by atoms with van der Waals surface area (Å²) < 4.78 is 10.7. The van der Waals surface area contributed by atoms with Crippen LogP contribution in [0.2, 0.25) is 0 Å². The van der Waals surface area contributed by atoms with E-state index in [2.05, 4.69) is 0 Å². The number of hydrogen-bond donors (Lipinski definition) is 2. The van der Waals surface area contributed by atoms with E-state index in [1.54, 1.807) is 19.9 Å². The van der Waals surface area contributed by atoms with Crippen molar-refractivity contribution in [1.82, 2.24) is 0 Å². The van der Waals surface area contributed by atoms with Gasteiger partial charge < -0.3 is 19.4 Å². The van der Waals surface area contributed by atoms with Gasteiger partial charge in [0.15, 0.2) is 0 Å². The van der Waals surface area contributed by atoms with Gasteiger partial charge in [-0.3, -0.25) is 0 Å². The minimum atomic E-state index is -1.02. The summed E-state index contributed by atoms with van der Waals surface area (Å²) in [6, 6.07) is 4.36. The van der Waals surface area contributed by atoms with Crippen LogP contribution in [0.5, 0.6) is 11.5 Å². The Labute approximate surface area is 109 Å². The number of ether oxygens (including phenoxy) is 1. The third-order valence-corrected chi connectivity index (χ3v) is 3.41. The number of aliphatic hydroxyl groups is 1. The maximum Gasteiger partial charge on any atom is 0.336 e. The van der Waals surface area contributed by atoms with Gasteiger partial charge in [-0.25, -0.2) is 4.79 Å². The molecule has 5 nitrogen and oxygen atoms in total. The minimum Gasteiger partial charge on any atom is -0.507 e. The molecule has 100 valence electrons. The third kappa shape index (κ3) is 1.86. The van der Waals surface area contributed by atoms with Crippen molar-refractivity contribution >= 4 is 11.0 Å². The monoisotopic (exact) mass is 262 g/mol. The second kappa shape index (κ2) is 3.74. The van der Waals surface area contributed by atoms with Gasteiger partial charge in [-0.2, -0.15) is 0 Å². The van der Waals surface area contributed by atoms with Crippen molar-refractivity contribution in [3.8, 4) is 11.5 Å². The maximum atomic E-state index is 11.2. The predicted molar refractivity (Wildman–Crippen MR) is 68.6 cm³/mol. The number of aromatic hydroxyl groups is 1. The summed E-state index contributed by atoms with van der Waals surface area (Å²) in [6.45, 7) is 3.31. The van der Waals surface area contributed by atoms with E-state index < -0.39 is 17.3 Å². The number of hydrogen-bond acceptors (Lipinski definition) is 5. The van der Waals surface area contributed by atoms with Gasteiger partial charge in [0.1, 0.15) is 23.2 Å². The van der Waals surface area contributed by atoms with Gasteiger partial charge >= 0.3 is 5.63 Å². The molecule has 3 rings (SSSR count). The van der Waals surface area contributed by atoms with Gasteiger partial charge in [0.2, 0.25) is 0 Å². The lowest BCUT2D eigenvalue weighted by Crippen LogP contribution is -2.39. The van der Waals surface area contributed by atoms with Gasteiger partial charge in [-0.05, 0) is 19.9 Å². The fourth-order valence-electron chi connectivity index (χ4n) is 2.30. The average molecular weight is 262 g/mol. The summed E-state index contributed by atoms with van der Waals surface area (Å²) in [4.78, 5) is 11.2. The van der Waals surface area contributed by atoms with Crippen molar-refractivity contribution in [3.63, 3.8) is 0 Å². The molecule has 2 heterocycles. The standard InChI is InChI=1S/C14H14O5/c1-14(2,17)11-5-8-10(18-11)6-9-7(13(8)16)3-4-12(15)19-9/h3-4,6,11,16-17H,5H2,1-2H3/t11-/m0/s1. The molecular weight excluding hydrogens is 248 g/mol. The highest BCUT2D eigenvalue weighted by atomic mass is 16.5. The van der Waals surface area contributed by atoms with E-state index in [9.17, 15) is 15.0 Å². The highest BCUT2D eigenvalue weighted by Gasteiger charge is 2.37. The molecule has 0 bridgehead atoms. The topological polar surface area (TPSA) is 79.9 Å². The molecule has 0 spiro atoms. The zero-order chi connectivity index (χ0) is 13.8. The summed E-state index contributed by atoms with van der Waals surface area (Å²) in [5.74, 6) is 0.495. The lowest BCUT2D eigenvalue weighted by Gasteiger charge is -2.24. The van der Waals surface area contributed by atoms with Crippen molar-refractivity contribution in [3.05, 3.63) is 34.2 Å². The lowest BCUT2D eigenvalue weighted by atomic mass is 9.96. The van der Waals surface area contributed by atoms with Crippen molar-refractivity contribution in [2.75, 3.05) is 0 Å². The molecule has 19 heavy (non-hydrogen) atoms. The molecule has 1 atom stereocenters. The van der Waals surface area contributed by atoms with Crippen LogP contribution in [0.3, 0.4) is 0 Å². The highest BCUT2D eigenvalue weighted by molar-refractivity contribution is 5.87. The Morgan fingerprint density at radius 3 is 2.79 bits per heavy atom. The Hall–Kier alpha value is -2.01. The lowest BCUT2D eigenvalue weighted by molar-refractivity contribution is -0.0229. The van der Waals surface area contributed by atoms with Crippen LogP contribution in [-0.2, 0) is 6.42 Å². The van der Waals surface area contributed by atoms with Gasteiger partial charge in [0.25, 0.3) is 0 Å². The summed E-state index contributed by atoms with van der Waals surface area (Å²) >= 11 is 0. The Kier molecular flexibility index (Phi) is 2.37. The number of phenols is 1. The molecule has 0 radical (unpaired) electrons. The number of rotatable bonds is 1. The first-order chi connectivity index (χ1) is 8.86. The highest BCUT2D eigenvalue weighted by Crippen LogP contribution is 2.42. The normalized spacial score (nSPS) is 18.4. The number of phenolic OH excluding ortho intramolecular Hbond substituents is 1. The summed E-state index contributed by atoms with van der Waals surface area (Å²) in [5, 5.41) is 20.7. The maximum absolute atomic E-state index is 11.2. The van der Waals surface area contributed by atoms with E-state index >= 15 is 0 Å². The Balaban J connectivity index is 2.18. The van der Waals surface area contributed by atoms with Gasteiger partial charge in [0.05, 0.1) is 11.0 Å². The zero-order valence-corrected chi connectivity index (χ0v) is 10.6. The van der Waals surface area contributed by atoms with Gasteiger partial charge in [-0.1, -0.05) is 0 Å². The largest absolute Gasteiger partial charge is 0.507 e. The molecule has 0 amide bonds. The molecule has 2 aromatic rings. The van der Waals surface area contributed by atoms with E-state index in [4.69, 9.17) is 9.15 Å². The van der Waals surface area contributed by atoms with Crippen LogP contribution in [0.25, 0.3) is 11.0 Å². The molecular formula is C14H14O5. The Bertz CT molecular complexity index is 708. The van der Waals surface area contributed by atoms with E-state index in [-0.39, 0.29) is 11.3 Å². The molecule has 1 aromatic carbocycles. The van der Waals surface area contributed by atoms with Gasteiger partial charge in [-0.15, -0.1) is 0 Å². The molecule has 0 fully saturated rings. The smallest absolute Gasteiger partial charge is 0.336 e. The summed E-state index contributed by atoms with van der Waals surface area (Å²) in [5.41, 5.74) is -0.587. The molecule has 0 saturated carbocycles. The molecule has 1 aliphatic rings. The molecule has 0 saturated heterocycles. The molecule has 0 unspecified atom stereocenters. The van der Waals surface area contributed by atoms with Crippen molar-refractivity contribution in [2.24, 2.45) is 0 Å². The first-order valence-corrected chi connectivity index (χ1v) is 6.04. The van der Waals surface area contributed by atoms with Crippen LogP contribution in [0, 0.1) is 0 Å². The van der Waals surface area contributed by atoms with Crippen molar-refractivity contribution < 1.29 is 19.4 Å². The van der Waals surface area contributed by atoms with E-state index in [1.165, 1.54) is 12.1 Å². The van der Waals surface area contributed by atoms with Crippen LogP contribution in [0.1, 0.15) is 19.4 Å². The predicted octanol–water partition coefficient (Wildman–Crippen LogP) is 1.57. The van der Waals surface area contributed by atoms with Crippen LogP contribution in [0.4, 0.5) is 0 Å². The zero-order valence-electron chi connectivity index (χ0n) is 10.6. The van der Waals surface area contributed by atoms with E-state index in [1.807, 2.05) is 0 Å².